The highest BCUT2D eigenvalue weighted by Gasteiger charge is 2.28. The number of nitrogens with one attached hydrogen (secondary N) is 1. The third-order valence-electron chi connectivity index (χ3n) is 5.24. The molecule has 0 saturated carbocycles. The summed E-state index contributed by atoms with van der Waals surface area (Å²) in [5, 5.41) is 0. The van der Waals surface area contributed by atoms with E-state index in [9.17, 15) is 18.0 Å². The first-order chi connectivity index (χ1) is 13.2. The van der Waals surface area contributed by atoms with E-state index in [2.05, 4.69) is 4.72 Å². The van der Waals surface area contributed by atoms with Crippen molar-refractivity contribution in [3.05, 3.63) is 29.3 Å². The normalized spacial score (nSPS) is 18.1. The minimum atomic E-state index is -3.42. The van der Waals surface area contributed by atoms with Crippen LogP contribution < -0.4 is 4.72 Å². The van der Waals surface area contributed by atoms with Gasteiger partial charge in [0.15, 0.2) is 0 Å². The Balaban J connectivity index is 1.62. The minimum Gasteiger partial charge on any atom is -0.335 e. The molecule has 1 N–H and O–H groups in total. The Morgan fingerprint density at radius 1 is 0.893 bits per heavy atom. The molecule has 1 aromatic carbocycles. The van der Waals surface area contributed by atoms with Gasteiger partial charge < -0.3 is 14.7 Å². The number of amides is 3. The van der Waals surface area contributed by atoms with Crippen LogP contribution in [-0.2, 0) is 10.0 Å². The van der Waals surface area contributed by atoms with Crippen molar-refractivity contribution in [3.8, 4) is 0 Å². The molecule has 0 aliphatic carbocycles. The first kappa shape index (κ1) is 20.4. The molecule has 0 radical (unpaired) electrons. The summed E-state index contributed by atoms with van der Waals surface area (Å²) >= 11 is 0. The number of carbonyl (C=O) groups excluding carboxylic acids is 2. The Morgan fingerprint density at radius 3 is 2.07 bits per heavy atom. The molecular weight excluding hydrogens is 380 g/mol. The van der Waals surface area contributed by atoms with Crippen molar-refractivity contribution in [1.29, 1.82) is 0 Å². The molecule has 2 fully saturated rings. The van der Waals surface area contributed by atoms with Crippen molar-refractivity contribution in [2.24, 2.45) is 0 Å². The van der Waals surface area contributed by atoms with Crippen LogP contribution in [0.1, 0.15) is 35.2 Å². The van der Waals surface area contributed by atoms with Crippen LogP contribution in [0.4, 0.5) is 10.5 Å². The van der Waals surface area contributed by atoms with Crippen LogP contribution in [0, 0.1) is 6.92 Å². The number of urea groups is 1. The summed E-state index contributed by atoms with van der Waals surface area (Å²) in [7, 11) is -3.42. The molecule has 3 amide bonds. The molecule has 1 aromatic rings. The molecule has 2 heterocycles. The van der Waals surface area contributed by atoms with E-state index in [1.165, 1.54) is 6.42 Å². The van der Waals surface area contributed by atoms with E-state index in [0.717, 1.165) is 37.8 Å². The predicted octanol–water partition coefficient (Wildman–Crippen LogP) is 1.73. The number of anilines is 1. The number of nitrogens with zero attached hydrogens (tertiary/aromatic N) is 3. The maximum Gasteiger partial charge on any atom is 0.320 e. The fraction of sp³-hybridized carbons (Fsp3) is 0.579. The monoisotopic (exact) mass is 408 g/mol. The Morgan fingerprint density at radius 2 is 1.46 bits per heavy atom. The topological polar surface area (TPSA) is 90.0 Å². The van der Waals surface area contributed by atoms with Gasteiger partial charge in [-0.2, -0.15) is 0 Å². The number of piperidine rings is 1. The molecule has 8 nitrogen and oxygen atoms in total. The summed E-state index contributed by atoms with van der Waals surface area (Å²) in [5.41, 5.74) is 1.60. The standard InChI is InChI=1S/C19H28N4O4S/c1-15-6-7-16(14-17(15)20-28(2,26)27)18(24)21-10-12-23(13-11-21)19(25)22-8-4-3-5-9-22/h6-7,14,20H,3-5,8-13H2,1-2H3. The van der Waals surface area contributed by atoms with E-state index in [-0.39, 0.29) is 11.9 Å². The highest BCUT2D eigenvalue weighted by atomic mass is 32.2. The molecule has 0 unspecified atom stereocenters. The molecule has 2 aliphatic rings. The smallest absolute Gasteiger partial charge is 0.320 e. The molecule has 154 valence electrons. The van der Waals surface area contributed by atoms with E-state index in [1.807, 2.05) is 9.80 Å². The van der Waals surface area contributed by atoms with Crippen molar-refractivity contribution in [3.63, 3.8) is 0 Å². The van der Waals surface area contributed by atoms with E-state index >= 15 is 0 Å². The molecule has 0 aromatic heterocycles. The average Bonchev–Trinajstić information content (AvgIpc) is 2.68. The molecule has 9 heteroatoms. The van der Waals surface area contributed by atoms with Crippen LogP contribution in [0.3, 0.4) is 0 Å². The van der Waals surface area contributed by atoms with Gasteiger partial charge in [-0.1, -0.05) is 6.07 Å². The van der Waals surface area contributed by atoms with Crippen LogP contribution >= 0.6 is 0 Å². The lowest BCUT2D eigenvalue weighted by atomic mass is 10.1. The third kappa shape index (κ3) is 4.95. The number of likely N-dealkylation sites (tertiary alicyclic amines) is 1. The van der Waals surface area contributed by atoms with E-state index in [4.69, 9.17) is 0 Å². The van der Waals surface area contributed by atoms with Gasteiger partial charge in [-0.15, -0.1) is 0 Å². The lowest BCUT2D eigenvalue weighted by Gasteiger charge is -2.38. The number of benzene rings is 1. The zero-order valence-corrected chi connectivity index (χ0v) is 17.3. The number of carbonyl (C=O) groups is 2. The predicted molar refractivity (Wildman–Crippen MR) is 108 cm³/mol. The van der Waals surface area contributed by atoms with Gasteiger partial charge in [-0.25, -0.2) is 13.2 Å². The highest BCUT2D eigenvalue weighted by Crippen LogP contribution is 2.20. The Bertz CT molecular complexity index is 841. The molecule has 3 rings (SSSR count). The van der Waals surface area contributed by atoms with Gasteiger partial charge >= 0.3 is 6.03 Å². The zero-order valence-electron chi connectivity index (χ0n) is 16.5. The quantitative estimate of drug-likeness (QED) is 0.825. The van der Waals surface area contributed by atoms with Crippen molar-refractivity contribution in [1.82, 2.24) is 14.7 Å². The van der Waals surface area contributed by atoms with E-state index < -0.39 is 10.0 Å². The Labute approximate surface area is 166 Å². The van der Waals surface area contributed by atoms with Crippen molar-refractivity contribution >= 4 is 27.6 Å². The van der Waals surface area contributed by atoms with Gasteiger partial charge in [-0.3, -0.25) is 9.52 Å². The molecule has 2 aliphatic heterocycles. The molecule has 0 atom stereocenters. The summed E-state index contributed by atoms with van der Waals surface area (Å²) in [6.07, 6.45) is 4.38. The largest absolute Gasteiger partial charge is 0.335 e. The SMILES string of the molecule is Cc1ccc(C(=O)N2CCN(C(=O)N3CCCCC3)CC2)cc1NS(C)(=O)=O. The van der Waals surface area contributed by atoms with Crippen LogP contribution in [0.15, 0.2) is 18.2 Å². The van der Waals surface area contributed by atoms with Gasteiger partial charge in [0, 0.05) is 44.8 Å². The first-order valence-corrected chi connectivity index (χ1v) is 11.6. The van der Waals surface area contributed by atoms with Gasteiger partial charge in [-0.05, 0) is 43.9 Å². The van der Waals surface area contributed by atoms with Crippen LogP contribution in [0.2, 0.25) is 0 Å². The van der Waals surface area contributed by atoms with Crippen LogP contribution in [0.25, 0.3) is 0 Å². The average molecular weight is 409 g/mol. The second-order valence-electron chi connectivity index (χ2n) is 7.51. The number of sulfonamides is 1. The number of hydrogen-bond acceptors (Lipinski definition) is 4. The first-order valence-electron chi connectivity index (χ1n) is 9.66. The molecule has 28 heavy (non-hydrogen) atoms. The fourth-order valence-electron chi connectivity index (χ4n) is 3.63. The second kappa shape index (κ2) is 8.38. The van der Waals surface area contributed by atoms with E-state index in [1.54, 1.807) is 30.0 Å². The highest BCUT2D eigenvalue weighted by molar-refractivity contribution is 7.92. The van der Waals surface area contributed by atoms with E-state index in [0.29, 0.717) is 37.4 Å². The minimum absolute atomic E-state index is 0.0711. The van der Waals surface area contributed by atoms with Gasteiger partial charge in [0.25, 0.3) is 5.91 Å². The van der Waals surface area contributed by atoms with Crippen LogP contribution in [0.5, 0.6) is 0 Å². The maximum absolute atomic E-state index is 12.8. The van der Waals surface area contributed by atoms with Gasteiger partial charge in [0.05, 0.1) is 11.9 Å². The molecule has 2 saturated heterocycles. The van der Waals surface area contributed by atoms with Crippen molar-refractivity contribution < 1.29 is 18.0 Å². The summed E-state index contributed by atoms with van der Waals surface area (Å²) < 4.78 is 25.5. The lowest BCUT2D eigenvalue weighted by molar-refractivity contribution is 0.0633. The second-order valence-corrected chi connectivity index (χ2v) is 9.26. The Kier molecular flexibility index (Phi) is 6.12. The number of piperazine rings is 1. The fourth-order valence-corrected chi connectivity index (χ4v) is 4.25. The van der Waals surface area contributed by atoms with Crippen molar-refractivity contribution in [2.75, 3.05) is 50.2 Å². The van der Waals surface area contributed by atoms with Crippen LogP contribution in [-0.4, -0.2) is 80.6 Å². The number of aryl methyl sites for hydroxylation is 1. The summed E-state index contributed by atoms with van der Waals surface area (Å²) in [6.45, 7) is 5.40. The van der Waals surface area contributed by atoms with Gasteiger partial charge in [0.2, 0.25) is 10.0 Å². The summed E-state index contributed by atoms with van der Waals surface area (Å²) in [6, 6.07) is 5.08. The summed E-state index contributed by atoms with van der Waals surface area (Å²) in [4.78, 5) is 30.9. The molecular formula is C19H28N4O4S. The zero-order chi connectivity index (χ0) is 20.3. The van der Waals surface area contributed by atoms with Crippen molar-refractivity contribution in [2.45, 2.75) is 26.2 Å². The summed E-state index contributed by atoms with van der Waals surface area (Å²) in [5.74, 6) is -0.151. The number of rotatable bonds is 3. The maximum atomic E-state index is 12.8. The molecule has 0 bridgehead atoms. The van der Waals surface area contributed by atoms with Gasteiger partial charge in [0.1, 0.15) is 0 Å². The number of hydrogen-bond donors (Lipinski definition) is 1. The molecule has 0 spiro atoms. The third-order valence-corrected chi connectivity index (χ3v) is 5.83. The Hall–Kier alpha value is -2.29. The lowest BCUT2D eigenvalue weighted by Crippen LogP contribution is -2.54.